The van der Waals surface area contributed by atoms with Gasteiger partial charge in [0.05, 0.1) is 32.2 Å². The number of esters is 1. The first-order chi connectivity index (χ1) is 16.7. The standard InChI is InChI=1S/C29H32N2O3/c1-33-25-13-14-28-26(20-25)23(15-17-30-28)11-6-12-24-16-19-31(21-27(24)29(32)34-2)18-7-10-22-8-4-3-5-9-22/h3-5,8-9,13-15,17,20,24,27H,6,11-12,16,18-19,21H2,1-2H3/t24-,27+/m1/s1. The highest BCUT2D eigenvalue weighted by molar-refractivity contribution is 5.83. The molecule has 1 aliphatic heterocycles. The van der Waals surface area contributed by atoms with Crippen LogP contribution in [0.5, 0.6) is 5.75 Å². The average molecular weight is 457 g/mol. The minimum Gasteiger partial charge on any atom is -0.497 e. The maximum absolute atomic E-state index is 12.6. The molecule has 0 spiro atoms. The smallest absolute Gasteiger partial charge is 0.310 e. The fraction of sp³-hybridized carbons (Fsp3) is 0.379. The fourth-order valence-electron chi connectivity index (χ4n) is 4.83. The van der Waals surface area contributed by atoms with Gasteiger partial charge >= 0.3 is 5.97 Å². The Morgan fingerprint density at radius 3 is 2.79 bits per heavy atom. The number of hydrogen-bond donors (Lipinski definition) is 0. The number of hydrogen-bond acceptors (Lipinski definition) is 5. The molecule has 0 saturated carbocycles. The number of ether oxygens (including phenoxy) is 2. The Hall–Kier alpha value is -3.36. The molecule has 1 fully saturated rings. The summed E-state index contributed by atoms with van der Waals surface area (Å²) in [6.45, 7) is 2.33. The lowest BCUT2D eigenvalue weighted by atomic mass is 9.81. The number of fused-ring (bicyclic) bond motifs is 1. The zero-order valence-electron chi connectivity index (χ0n) is 20.0. The SMILES string of the molecule is COC(=O)[C@H]1CN(CC#Cc2ccccc2)CC[C@H]1CCCc1ccnc2ccc(OC)cc12. The van der Waals surface area contributed by atoms with E-state index in [-0.39, 0.29) is 11.9 Å². The minimum absolute atomic E-state index is 0.105. The van der Waals surface area contributed by atoms with Gasteiger partial charge in [-0.05, 0) is 80.1 Å². The van der Waals surface area contributed by atoms with Crippen molar-refractivity contribution in [1.29, 1.82) is 0 Å². The quantitative estimate of drug-likeness (QED) is 0.380. The van der Waals surface area contributed by atoms with Gasteiger partial charge in [0.2, 0.25) is 0 Å². The second-order valence-corrected chi connectivity index (χ2v) is 8.83. The summed E-state index contributed by atoms with van der Waals surface area (Å²) >= 11 is 0. The number of piperidine rings is 1. The average Bonchev–Trinajstić information content (AvgIpc) is 2.89. The van der Waals surface area contributed by atoms with Gasteiger partial charge in [0, 0.05) is 23.7 Å². The first-order valence-corrected chi connectivity index (χ1v) is 11.9. The highest BCUT2D eigenvalue weighted by Gasteiger charge is 2.34. The molecule has 0 aliphatic carbocycles. The van der Waals surface area contributed by atoms with E-state index >= 15 is 0 Å². The van der Waals surface area contributed by atoms with Crippen molar-refractivity contribution >= 4 is 16.9 Å². The molecular formula is C29H32N2O3. The van der Waals surface area contributed by atoms with Gasteiger partial charge in [-0.2, -0.15) is 0 Å². The van der Waals surface area contributed by atoms with E-state index in [4.69, 9.17) is 9.47 Å². The molecule has 176 valence electrons. The third-order valence-corrected chi connectivity index (χ3v) is 6.71. The largest absolute Gasteiger partial charge is 0.497 e. The molecule has 0 amide bonds. The number of aryl methyl sites for hydroxylation is 1. The summed E-state index contributed by atoms with van der Waals surface area (Å²) in [5.74, 6) is 7.44. The predicted octanol–water partition coefficient (Wildman–Crippen LogP) is 4.73. The van der Waals surface area contributed by atoms with Crippen LogP contribution in [0.1, 0.15) is 30.4 Å². The van der Waals surface area contributed by atoms with E-state index in [1.54, 1.807) is 7.11 Å². The van der Waals surface area contributed by atoms with Crippen LogP contribution in [0.15, 0.2) is 60.8 Å². The van der Waals surface area contributed by atoms with E-state index in [9.17, 15) is 4.79 Å². The van der Waals surface area contributed by atoms with Gasteiger partial charge in [-0.3, -0.25) is 14.7 Å². The summed E-state index contributed by atoms with van der Waals surface area (Å²) in [6.07, 6.45) is 5.82. The first kappa shape index (κ1) is 23.8. The summed E-state index contributed by atoms with van der Waals surface area (Å²) in [5, 5.41) is 1.14. The van der Waals surface area contributed by atoms with E-state index in [1.165, 1.54) is 12.7 Å². The highest BCUT2D eigenvalue weighted by atomic mass is 16.5. The maximum Gasteiger partial charge on any atom is 0.310 e. The number of aromatic nitrogens is 1. The summed E-state index contributed by atoms with van der Waals surface area (Å²) in [6, 6.07) is 18.1. The second kappa shape index (κ2) is 11.7. The van der Waals surface area contributed by atoms with Gasteiger partial charge in [0.25, 0.3) is 0 Å². The van der Waals surface area contributed by atoms with Gasteiger partial charge in [0.15, 0.2) is 0 Å². The molecule has 4 rings (SSSR count). The fourth-order valence-corrected chi connectivity index (χ4v) is 4.83. The van der Waals surface area contributed by atoms with Crippen LogP contribution in [0.3, 0.4) is 0 Å². The van der Waals surface area contributed by atoms with E-state index in [0.29, 0.717) is 19.0 Å². The lowest BCUT2D eigenvalue weighted by Crippen LogP contribution is -2.44. The molecule has 3 aromatic rings. The van der Waals surface area contributed by atoms with Crippen LogP contribution >= 0.6 is 0 Å². The molecular weight excluding hydrogens is 424 g/mol. The Morgan fingerprint density at radius 2 is 2.00 bits per heavy atom. The van der Waals surface area contributed by atoms with Crippen molar-refractivity contribution in [3.8, 4) is 17.6 Å². The molecule has 34 heavy (non-hydrogen) atoms. The van der Waals surface area contributed by atoms with Crippen molar-refractivity contribution in [2.75, 3.05) is 33.9 Å². The molecule has 1 aliphatic rings. The molecule has 1 saturated heterocycles. The van der Waals surface area contributed by atoms with Crippen LogP contribution in [-0.4, -0.2) is 49.7 Å². The van der Waals surface area contributed by atoms with Crippen LogP contribution < -0.4 is 4.74 Å². The van der Waals surface area contributed by atoms with Crippen molar-refractivity contribution in [2.24, 2.45) is 11.8 Å². The summed E-state index contributed by atoms with van der Waals surface area (Å²) < 4.78 is 10.6. The number of nitrogens with zero attached hydrogens (tertiary/aromatic N) is 2. The number of pyridine rings is 1. The molecule has 0 radical (unpaired) electrons. The van der Waals surface area contributed by atoms with Crippen LogP contribution in [0.2, 0.25) is 0 Å². The molecule has 2 aromatic carbocycles. The molecule has 0 N–H and O–H groups in total. The van der Waals surface area contributed by atoms with Gasteiger partial charge in [-0.1, -0.05) is 30.0 Å². The second-order valence-electron chi connectivity index (χ2n) is 8.83. The maximum atomic E-state index is 12.6. The van der Waals surface area contributed by atoms with Gasteiger partial charge in [-0.15, -0.1) is 0 Å². The molecule has 5 nitrogen and oxygen atoms in total. The Morgan fingerprint density at radius 1 is 1.15 bits per heavy atom. The van der Waals surface area contributed by atoms with Crippen molar-refractivity contribution in [3.63, 3.8) is 0 Å². The van der Waals surface area contributed by atoms with E-state index in [2.05, 4.69) is 33.9 Å². The summed E-state index contributed by atoms with van der Waals surface area (Å²) in [5.41, 5.74) is 3.27. The monoisotopic (exact) mass is 456 g/mol. The summed E-state index contributed by atoms with van der Waals surface area (Å²) in [7, 11) is 3.17. The number of carbonyl (C=O) groups is 1. The highest BCUT2D eigenvalue weighted by Crippen LogP contribution is 2.30. The van der Waals surface area contributed by atoms with Crippen LogP contribution in [0.4, 0.5) is 0 Å². The normalized spacial score (nSPS) is 18.2. The third-order valence-electron chi connectivity index (χ3n) is 6.71. The first-order valence-electron chi connectivity index (χ1n) is 11.9. The van der Waals surface area contributed by atoms with Gasteiger partial charge in [-0.25, -0.2) is 0 Å². The zero-order valence-corrected chi connectivity index (χ0v) is 20.0. The topological polar surface area (TPSA) is 51.7 Å². The third kappa shape index (κ3) is 5.95. The lowest BCUT2D eigenvalue weighted by Gasteiger charge is -2.36. The van der Waals surface area contributed by atoms with Crippen LogP contribution in [0, 0.1) is 23.7 Å². The van der Waals surface area contributed by atoms with Crippen molar-refractivity contribution in [3.05, 3.63) is 71.9 Å². The Balaban J connectivity index is 1.36. The number of carbonyl (C=O) groups excluding carboxylic acids is 1. The molecule has 0 bridgehead atoms. The Labute approximate surface area is 202 Å². The van der Waals surface area contributed by atoms with E-state index < -0.39 is 0 Å². The van der Waals surface area contributed by atoms with Gasteiger partial charge in [0.1, 0.15) is 5.75 Å². The molecule has 2 heterocycles. The molecule has 0 unspecified atom stereocenters. The summed E-state index contributed by atoms with van der Waals surface area (Å²) in [4.78, 5) is 19.3. The Bertz CT molecular complexity index is 1170. The van der Waals surface area contributed by atoms with Crippen molar-refractivity contribution in [2.45, 2.75) is 25.7 Å². The lowest BCUT2D eigenvalue weighted by molar-refractivity contribution is -0.149. The number of rotatable bonds is 7. The van der Waals surface area contributed by atoms with Crippen molar-refractivity contribution in [1.82, 2.24) is 9.88 Å². The molecule has 1 aromatic heterocycles. The Kier molecular flexibility index (Phi) is 8.17. The van der Waals surface area contributed by atoms with Crippen LogP contribution in [0.25, 0.3) is 10.9 Å². The number of benzene rings is 2. The van der Waals surface area contributed by atoms with Crippen LogP contribution in [-0.2, 0) is 16.0 Å². The molecule has 5 heteroatoms. The van der Waals surface area contributed by atoms with Gasteiger partial charge < -0.3 is 9.47 Å². The van der Waals surface area contributed by atoms with E-state index in [1.807, 2.05) is 48.7 Å². The number of methoxy groups -OCH3 is 2. The van der Waals surface area contributed by atoms with Crippen molar-refractivity contribution < 1.29 is 14.3 Å². The zero-order chi connectivity index (χ0) is 23.8. The number of likely N-dealkylation sites (tertiary alicyclic amines) is 1. The molecule has 2 atom stereocenters. The van der Waals surface area contributed by atoms with E-state index in [0.717, 1.165) is 54.4 Å². The predicted molar refractivity (Wildman–Crippen MR) is 135 cm³/mol. The minimum atomic E-state index is -0.107.